The van der Waals surface area contributed by atoms with E-state index in [-0.39, 0.29) is 11.3 Å². The van der Waals surface area contributed by atoms with Crippen LogP contribution in [0, 0.1) is 0 Å². The minimum Gasteiger partial charge on any atom is -0.507 e. The molecule has 3 rings (SSSR count). The molecular formula is C24H22N2O7. The number of phenolic OH excluding ortho intramolecular Hbond substituents is 1. The Morgan fingerprint density at radius 2 is 1.61 bits per heavy atom. The van der Waals surface area contributed by atoms with Gasteiger partial charge in [-0.25, -0.2) is 10.3 Å². The zero-order valence-corrected chi connectivity index (χ0v) is 17.6. The lowest BCUT2D eigenvalue weighted by Crippen LogP contribution is -2.35. The van der Waals surface area contributed by atoms with E-state index >= 15 is 0 Å². The number of carbonyl (C=O) groups is 3. The van der Waals surface area contributed by atoms with Crippen molar-refractivity contribution in [3.05, 3.63) is 90.0 Å². The molecular weight excluding hydrogens is 428 g/mol. The van der Waals surface area contributed by atoms with E-state index in [0.717, 1.165) is 6.08 Å². The predicted octanol–water partition coefficient (Wildman–Crippen LogP) is 3.23. The second kappa shape index (κ2) is 10.9. The van der Waals surface area contributed by atoms with E-state index in [0.29, 0.717) is 16.3 Å². The van der Waals surface area contributed by atoms with Crippen molar-refractivity contribution in [3.8, 4) is 5.75 Å². The van der Waals surface area contributed by atoms with E-state index in [4.69, 9.17) is 14.7 Å². The number of phenols is 1. The molecule has 3 amide bonds. The van der Waals surface area contributed by atoms with E-state index < -0.39 is 30.1 Å². The molecule has 0 fully saturated rings. The van der Waals surface area contributed by atoms with Crippen molar-refractivity contribution in [3.63, 3.8) is 0 Å². The summed E-state index contributed by atoms with van der Waals surface area (Å²) in [5.41, 5.74) is 2.20. The Kier molecular flexibility index (Phi) is 7.74. The first-order chi connectivity index (χ1) is 15.9. The smallest absolute Gasteiger partial charge is 0.414 e. The number of aromatic hydroxyl groups is 1. The first-order valence-corrected chi connectivity index (χ1v) is 9.87. The lowest BCUT2D eigenvalue weighted by Gasteiger charge is -2.25. The fourth-order valence-electron chi connectivity index (χ4n) is 3.28. The van der Waals surface area contributed by atoms with Gasteiger partial charge in [0, 0.05) is 29.7 Å². The van der Waals surface area contributed by atoms with Crippen LogP contribution >= 0.6 is 0 Å². The first kappa shape index (κ1) is 23.5. The first-order valence-electron chi connectivity index (χ1n) is 9.87. The van der Waals surface area contributed by atoms with Gasteiger partial charge in [0.1, 0.15) is 11.9 Å². The molecule has 0 radical (unpaired) electrons. The zero-order valence-electron chi connectivity index (χ0n) is 17.6. The van der Waals surface area contributed by atoms with Crippen LogP contribution < -0.4 is 10.8 Å². The molecule has 0 saturated carbocycles. The van der Waals surface area contributed by atoms with Crippen LogP contribution in [-0.4, -0.2) is 41.4 Å². The summed E-state index contributed by atoms with van der Waals surface area (Å²) in [4.78, 5) is 36.4. The molecule has 9 nitrogen and oxygen atoms in total. The molecule has 0 bridgehead atoms. The number of fused-ring (bicyclic) bond motifs is 1. The molecule has 0 heterocycles. The van der Waals surface area contributed by atoms with Crippen molar-refractivity contribution in [2.75, 3.05) is 7.11 Å². The average molecular weight is 450 g/mol. The lowest BCUT2D eigenvalue weighted by molar-refractivity contribution is -0.124. The Morgan fingerprint density at radius 1 is 0.939 bits per heavy atom. The standard InChI is InChI=1S/C24H22N2O7/c1-32-20(13-14-21(28)26-31)22(18-11-12-19(27)17-10-6-5-9-16(17)18)33-24(30)25-23(29)15-7-3-2-4-8-15/h2-14,20,22,27,31H,1H3,(H,26,28)(H,25,29,30)/b14-13+/t20-,22-/m1/s1. The minimum absolute atomic E-state index is 0.0287. The normalized spacial score (nSPS) is 12.8. The van der Waals surface area contributed by atoms with Crippen molar-refractivity contribution < 1.29 is 34.2 Å². The Bertz CT molecular complexity index is 1180. The number of imide groups is 1. The summed E-state index contributed by atoms with van der Waals surface area (Å²) >= 11 is 0. The van der Waals surface area contributed by atoms with Crippen molar-refractivity contribution in [1.29, 1.82) is 0 Å². The topological polar surface area (TPSA) is 134 Å². The maximum atomic E-state index is 12.6. The number of benzene rings is 3. The molecule has 0 saturated heterocycles. The van der Waals surface area contributed by atoms with Gasteiger partial charge in [-0.2, -0.15) is 0 Å². The number of methoxy groups -OCH3 is 1. The Labute approximate surface area is 189 Å². The molecule has 4 N–H and O–H groups in total. The van der Waals surface area contributed by atoms with Gasteiger partial charge in [-0.3, -0.25) is 20.1 Å². The van der Waals surface area contributed by atoms with Crippen LogP contribution in [0.5, 0.6) is 5.75 Å². The summed E-state index contributed by atoms with van der Waals surface area (Å²) in [6.07, 6.45) is -0.822. The fourth-order valence-corrected chi connectivity index (χ4v) is 3.28. The van der Waals surface area contributed by atoms with E-state index in [1.807, 2.05) is 0 Å². The fraction of sp³-hybridized carbons (Fsp3) is 0.125. The number of amides is 3. The summed E-state index contributed by atoms with van der Waals surface area (Å²) < 4.78 is 11.0. The van der Waals surface area contributed by atoms with E-state index in [9.17, 15) is 19.5 Å². The Morgan fingerprint density at radius 3 is 2.27 bits per heavy atom. The van der Waals surface area contributed by atoms with Gasteiger partial charge in [0.2, 0.25) is 0 Å². The molecule has 0 unspecified atom stereocenters. The maximum absolute atomic E-state index is 12.6. The summed E-state index contributed by atoms with van der Waals surface area (Å²) in [5, 5.41) is 22.2. The third kappa shape index (κ3) is 5.73. The molecule has 0 aromatic heterocycles. The van der Waals surface area contributed by atoms with Crippen molar-refractivity contribution in [2.24, 2.45) is 0 Å². The highest BCUT2D eigenvalue weighted by molar-refractivity contribution is 6.03. The number of rotatable bonds is 7. The molecule has 3 aromatic rings. The molecule has 0 aliphatic heterocycles. The number of ether oxygens (including phenoxy) is 2. The number of hydroxylamine groups is 1. The molecule has 2 atom stereocenters. The maximum Gasteiger partial charge on any atom is 0.414 e. The van der Waals surface area contributed by atoms with Gasteiger partial charge in [-0.1, -0.05) is 48.5 Å². The highest BCUT2D eigenvalue weighted by atomic mass is 16.6. The van der Waals surface area contributed by atoms with Gasteiger partial charge in [0.25, 0.3) is 11.8 Å². The monoisotopic (exact) mass is 450 g/mol. The van der Waals surface area contributed by atoms with E-state index in [1.165, 1.54) is 24.7 Å². The van der Waals surface area contributed by atoms with Crippen LogP contribution in [0.25, 0.3) is 10.8 Å². The summed E-state index contributed by atoms with van der Waals surface area (Å²) in [7, 11) is 1.35. The van der Waals surface area contributed by atoms with Crippen LogP contribution in [0.2, 0.25) is 0 Å². The van der Waals surface area contributed by atoms with Crippen molar-refractivity contribution >= 4 is 28.7 Å². The van der Waals surface area contributed by atoms with E-state index in [1.54, 1.807) is 60.7 Å². The SMILES string of the molecule is CO[C@H](/C=C/C(=O)NO)[C@H](OC(=O)NC(=O)c1ccccc1)c1ccc(O)c2ccccc12. The number of hydrogen-bond acceptors (Lipinski definition) is 7. The molecule has 170 valence electrons. The highest BCUT2D eigenvalue weighted by Gasteiger charge is 2.28. The van der Waals surface area contributed by atoms with Crippen LogP contribution in [-0.2, 0) is 14.3 Å². The molecule has 33 heavy (non-hydrogen) atoms. The molecule has 0 aliphatic rings. The van der Waals surface area contributed by atoms with Gasteiger partial charge in [0.05, 0.1) is 0 Å². The Hall–Kier alpha value is -4.21. The number of nitrogens with one attached hydrogen (secondary N) is 2. The quantitative estimate of drug-likeness (QED) is 0.247. The van der Waals surface area contributed by atoms with Crippen molar-refractivity contribution in [2.45, 2.75) is 12.2 Å². The number of alkyl carbamates (subject to hydrolysis) is 1. The van der Waals surface area contributed by atoms with Gasteiger partial charge >= 0.3 is 6.09 Å². The molecule has 9 heteroatoms. The van der Waals surface area contributed by atoms with Gasteiger partial charge < -0.3 is 14.6 Å². The number of carbonyl (C=O) groups excluding carboxylic acids is 3. The highest BCUT2D eigenvalue weighted by Crippen LogP contribution is 2.35. The largest absolute Gasteiger partial charge is 0.507 e. The van der Waals surface area contributed by atoms with Crippen molar-refractivity contribution in [1.82, 2.24) is 10.8 Å². The number of hydrogen-bond donors (Lipinski definition) is 4. The van der Waals surface area contributed by atoms with E-state index in [2.05, 4.69) is 5.32 Å². The van der Waals surface area contributed by atoms with Crippen LogP contribution in [0.15, 0.2) is 78.9 Å². The summed E-state index contributed by atoms with van der Waals surface area (Å²) in [6.45, 7) is 0. The summed E-state index contributed by atoms with van der Waals surface area (Å²) in [6, 6.07) is 18.0. The third-order valence-electron chi connectivity index (χ3n) is 4.84. The molecule has 0 aliphatic carbocycles. The summed E-state index contributed by atoms with van der Waals surface area (Å²) in [5.74, 6) is -1.44. The lowest BCUT2D eigenvalue weighted by atomic mass is 9.96. The molecule has 0 spiro atoms. The van der Waals surface area contributed by atoms with Crippen LogP contribution in [0.3, 0.4) is 0 Å². The molecule has 3 aromatic carbocycles. The van der Waals surface area contributed by atoms with Gasteiger partial charge in [0.15, 0.2) is 6.10 Å². The van der Waals surface area contributed by atoms with Gasteiger partial charge in [-0.15, -0.1) is 0 Å². The zero-order chi connectivity index (χ0) is 23.8. The Balaban J connectivity index is 1.96. The second-order valence-electron chi connectivity index (χ2n) is 6.90. The second-order valence-corrected chi connectivity index (χ2v) is 6.90. The average Bonchev–Trinajstić information content (AvgIpc) is 2.84. The van der Waals surface area contributed by atoms with Crippen LogP contribution in [0.4, 0.5) is 4.79 Å². The van der Waals surface area contributed by atoms with Crippen LogP contribution in [0.1, 0.15) is 22.0 Å². The predicted molar refractivity (Wildman–Crippen MR) is 119 cm³/mol. The third-order valence-corrected chi connectivity index (χ3v) is 4.84. The van der Waals surface area contributed by atoms with Gasteiger partial charge in [-0.05, 0) is 29.7 Å². The minimum atomic E-state index is -1.12.